The van der Waals surface area contributed by atoms with Gasteiger partial charge in [-0.15, -0.1) is 0 Å². The Balaban J connectivity index is 1.82. The topological polar surface area (TPSA) is 69.0 Å². The van der Waals surface area contributed by atoms with Crippen molar-refractivity contribution in [3.8, 4) is 17.3 Å². The predicted molar refractivity (Wildman–Crippen MR) is 83.7 cm³/mol. The predicted octanol–water partition coefficient (Wildman–Crippen LogP) is 2.17. The maximum atomic E-state index is 12.4. The van der Waals surface area contributed by atoms with Crippen molar-refractivity contribution in [3.63, 3.8) is 0 Å². The van der Waals surface area contributed by atoms with Gasteiger partial charge in [0.25, 0.3) is 0 Å². The van der Waals surface area contributed by atoms with Gasteiger partial charge in [0.2, 0.25) is 5.91 Å². The Kier molecular flexibility index (Phi) is 4.12. The van der Waals surface area contributed by atoms with E-state index < -0.39 is 0 Å². The minimum Gasteiger partial charge on any atom is -0.316 e. The zero-order valence-electron chi connectivity index (χ0n) is 12.1. The van der Waals surface area contributed by atoms with Crippen LogP contribution in [0.5, 0.6) is 0 Å². The van der Waals surface area contributed by atoms with E-state index in [1.165, 1.54) is 0 Å². The van der Waals surface area contributed by atoms with Gasteiger partial charge in [0.15, 0.2) is 6.19 Å². The number of nitriles is 1. The molecule has 1 atom stereocenters. The summed E-state index contributed by atoms with van der Waals surface area (Å²) in [5, 5.41) is 12.4. The van der Waals surface area contributed by atoms with Crippen molar-refractivity contribution >= 4 is 11.7 Å². The van der Waals surface area contributed by atoms with Gasteiger partial charge < -0.3 is 5.32 Å². The Bertz CT molecular complexity index is 685. The number of carbonyl (C=O) groups is 1. The number of nitrogens with zero attached hydrogens (tertiary/aromatic N) is 3. The summed E-state index contributed by atoms with van der Waals surface area (Å²) in [7, 11) is 0. The fraction of sp³-hybridized carbons (Fsp3) is 0.235. The normalized spacial score (nSPS) is 17.0. The van der Waals surface area contributed by atoms with E-state index in [9.17, 15) is 10.1 Å². The summed E-state index contributed by atoms with van der Waals surface area (Å²) >= 11 is 0. The van der Waals surface area contributed by atoms with E-state index in [2.05, 4.69) is 10.3 Å². The van der Waals surface area contributed by atoms with E-state index in [-0.39, 0.29) is 11.8 Å². The average molecular weight is 292 g/mol. The highest BCUT2D eigenvalue weighted by Crippen LogP contribution is 2.22. The third-order valence-corrected chi connectivity index (χ3v) is 3.81. The lowest BCUT2D eigenvalue weighted by atomic mass is 10.1. The fourth-order valence-corrected chi connectivity index (χ4v) is 2.58. The first kappa shape index (κ1) is 14.2. The molecule has 1 N–H and O–H groups in total. The molecule has 5 nitrogen and oxygen atoms in total. The minimum atomic E-state index is -0.188. The summed E-state index contributed by atoms with van der Waals surface area (Å²) in [6, 6.07) is 13.5. The third kappa shape index (κ3) is 2.83. The average Bonchev–Trinajstić information content (AvgIpc) is 3.11. The number of rotatable bonds is 3. The molecule has 110 valence electrons. The highest BCUT2D eigenvalue weighted by atomic mass is 16.2. The minimum absolute atomic E-state index is 0.143. The molecule has 2 aromatic rings. The Morgan fingerprint density at radius 2 is 2.05 bits per heavy atom. The summed E-state index contributed by atoms with van der Waals surface area (Å²) < 4.78 is 0. The lowest BCUT2D eigenvalue weighted by Gasteiger charge is -2.16. The Hall–Kier alpha value is -2.71. The molecule has 3 rings (SSSR count). The number of hydrogen-bond acceptors (Lipinski definition) is 4. The van der Waals surface area contributed by atoms with Crippen LogP contribution in [-0.4, -0.2) is 24.0 Å². The molecule has 5 heteroatoms. The van der Waals surface area contributed by atoms with Gasteiger partial charge in [-0.05, 0) is 30.7 Å². The summed E-state index contributed by atoms with van der Waals surface area (Å²) in [5.41, 5.74) is 2.01. The molecule has 1 aromatic heterocycles. The number of benzene rings is 1. The zero-order chi connectivity index (χ0) is 15.4. The van der Waals surface area contributed by atoms with Crippen molar-refractivity contribution < 1.29 is 4.79 Å². The molecule has 0 spiro atoms. The van der Waals surface area contributed by atoms with Gasteiger partial charge in [-0.2, -0.15) is 10.2 Å². The van der Waals surface area contributed by atoms with Crippen LogP contribution in [0.3, 0.4) is 0 Å². The standard InChI is InChI=1S/C17H16N4O/c18-12-21(17(22)15-8-9-19-10-15)16-7-6-14(11-20-16)13-4-2-1-3-5-13/h1-7,11,15,19H,8-10H2/t15-/m0/s1. The molecule has 0 unspecified atom stereocenters. The molecule has 1 fully saturated rings. The van der Waals surface area contributed by atoms with Crippen LogP contribution in [0.4, 0.5) is 5.82 Å². The van der Waals surface area contributed by atoms with Gasteiger partial charge in [0, 0.05) is 18.3 Å². The van der Waals surface area contributed by atoms with E-state index >= 15 is 0 Å². The van der Waals surface area contributed by atoms with E-state index in [4.69, 9.17) is 0 Å². The molecular formula is C17H16N4O. The number of aromatic nitrogens is 1. The molecule has 1 aliphatic heterocycles. The first-order chi connectivity index (χ1) is 10.8. The van der Waals surface area contributed by atoms with Gasteiger partial charge in [-0.25, -0.2) is 4.98 Å². The highest BCUT2D eigenvalue weighted by molar-refractivity contribution is 5.97. The first-order valence-electron chi connectivity index (χ1n) is 7.25. The molecule has 1 amide bonds. The highest BCUT2D eigenvalue weighted by Gasteiger charge is 2.28. The molecule has 1 aliphatic rings. The second-order valence-corrected chi connectivity index (χ2v) is 5.23. The van der Waals surface area contributed by atoms with Crippen LogP contribution in [0.15, 0.2) is 48.7 Å². The van der Waals surface area contributed by atoms with Crippen LogP contribution in [0.25, 0.3) is 11.1 Å². The molecule has 0 radical (unpaired) electrons. The van der Waals surface area contributed by atoms with Crippen molar-refractivity contribution in [1.29, 1.82) is 5.26 Å². The van der Waals surface area contributed by atoms with Crippen LogP contribution in [0, 0.1) is 17.4 Å². The van der Waals surface area contributed by atoms with Crippen LogP contribution in [-0.2, 0) is 4.79 Å². The molecule has 0 saturated carbocycles. The quantitative estimate of drug-likeness (QED) is 0.695. The Morgan fingerprint density at radius 3 is 2.64 bits per heavy atom. The van der Waals surface area contributed by atoms with Crippen molar-refractivity contribution in [2.45, 2.75) is 6.42 Å². The second-order valence-electron chi connectivity index (χ2n) is 5.23. The smallest absolute Gasteiger partial charge is 0.246 e. The van der Waals surface area contributed by atoms with Gasteiger partial charge in [-0.1, -0.05) is 30.3 Å². The number of anilines is 1. The van der Waals surface area contributed by atoms with Crippen LogP contribution < -0.4 is 10.2 Å². The monoisotopic (exact) mass is 292 g/mol. The van der Waals surface area contributed by atoms with Gasteiger partial charge in [0.1, 0.15) is 5.82 Å². The van der Waals surface area contributed by atoms with Gasteiger partial charge in [0.05, 0.1) is 5.92 Å². The van der Waals surface area contributed by atoms with Crippen LogP contribution in [0.1, 0.15) is 6.42 Å². The molecule has 0 bridgehead atoms. The summed E-state index contributed by atoms with van der Waals surface area (Å²) in [5.74, 6) is 0.0433. The third-order valence-electron chi connectivity index (χ3n) is 3.81. The molecule has 22 heavy (non-hydrogen) atoms. The molecule has 1 aromatic carbocycles. The van der Waals surface area contributed by atoms with E-state index in [0.29, 0.717) is 12.4 Å². The summed E-state index contributed by atoms with van der Waals surface area (Å²) in [6.07, 6.45) is 4.40. The molecule has 0 aliphatic carbocycles. The zero-order valence-corrected chi connectivity index (χ0v) is 12.1. The van der Waals surface area contributed by atoms with Crippen LogP contribution >= 0.6 is 0 Å². The van der Waals surface area contributed by atoms with Crippen molar-refractivity contribution in [1.82, 2.24) is 10.3 Å². The van der Waals surface area contributed by atoms with Crippen molar-refractivity contribution in [2.75, 3.05) is 18.0 Å². The molecule has 2 heterocycles. The maximum absolute atomic E-state index is 12.4. The van der Waals surface area contributed by atoms with E-state index in [1.807, 2.05) is 42.6 Å². The Labute approximate surface area is 129 Å². The number of amides is 1. The lowest BCUT2D eigenvalue weighted by molar-refractivity contribution is -0.121. The van der Waals surface area contributed by atoms with Crippen LogP contribution in [0.2, 0.25) is 0 Å². The second kappa shape index (κ2) is 6.37. The summed E-state index contributed by atoms with van der Waals surface area (Å²) in [6.45, 7) is 1.44. The van der Waals surface area contributed by atoms with Gasteiger partial charge in [-0.3, -0.25) is 4.79 Å². The molecular weight excluding hydrogens is 276 g/mol. The van der Waals surface area contributed by atoms with Crippen molar-refractivity contribution in [3.05, 3.63) is 48.7 Å². The fourth-order valence-electron chi connectivity index (χ4n) is 2.58. The summed E-state index contributed by atoms with van der Waals surface area (Å²) in [4.78, 5) is 17.7. The van der Waals surface area contributed by atoms with Gasteiger partial charge >= 0.3 is 0 Å². The number of pyridine rings is 1. The number of carbonyl (C=O) groups excluding carboxylic acids is 1. The maximum Gasteiger partial charge on any atom is 0.246 e. The van der Waals surface area contributed by atoms with Crippen molar-refractivity contribution in [2.24, 2.45) is 5.92 Å². The lowest BCUT2D eigenvalue weighted by Crippen LogP contribution is -2.34. The number of hydrogen-bond donors (Lipinski definition) is 1. The van der Waals surface area contributed by atoms with E-state index in [0.717, 1.165) is 29.0 Å². The SMILES string of the molecule is N#CN(C(=O)[C@H]1CCNC1)c1ccc(-c2ccccc2)cn1. The largest absolute Gasteiger partial charge is 0.316 e. The van der Waals surface area contributed by atoms with E-state index in [1.54, 1.807) is 12.3 Å². The first-order valence-corrected chi connectivity index (χ1v) is 7.25. The number of nitrogens with one attached hydrogen (secondary N) is 1. The molecule has 1 saturated heterocycles. The Morgan fingerprint density at radius 1 is 1.23 bits per heavy atom.